The Balaban J connectivity index is 1.92. The van der Waals surface area contributed by atoms with E-state index in [4.69, 9.17) is 0 Å². The van der Waals surface area contributed by atoms with Crippen LogP contribution >= 0.6 is 0 Å². The Morgan fingerprint density at radius 3 is 2.21 bits per heavy atom. The van der Waals surface area contributed by atoms with Crippen LogP contribution in [0.5, 0.6) is 0 Å². The van der Waals surface area contributed by atoms with Crippen molar-refractivity contribution in [2.75, 3.05) is 13.7 Å². The molecule has 0 saturated heterocycles. The van der Waals surface area contributed by atoms with Crippen LogP contribution in [0, 0.1) is 0 Å². The highest BCUT2D eigenvalue weighted by atomic mass is 16.5. The second-order valence-corrected chi connectivity index (χ2v) is 4.34. The van der Waals surface area contributed by atoms with Gasteiger partial charge in [-0.25, -0.2) is 0 Å². The summed E-state index contributed by atoms with van der Waals surface area (Å²) in [6.45, 7) is 0.337. The van der Waals surface area contributed by atoms with Crippen LogP contribution in [0.25, 0.3) is 0 Å². The summed E-state index contributed by atoms with van der Waals surface area (Å²) in [5, 5.41) is 0. The number of hydrogen-bond donors (Lipinski definition) is 0. The molecule has 0 bridgehead atoms. The number of ether oxygens (including phenoxy) is 1. The first-order valence-electron chi connectivity index (χ1n) is 6.17. The zero-order chi connectivity index (χ0) is 13.8. The average molecular weight is 261 g/mol. The van der Waals surface area contributed by atoms with E-state index >= 15 is 0 Å². The molecule has 0 saturated carbocycles. The Morgan fingerprint density at radius 1 is 1.11 bits per heavy atom. The maximum Gasteiger partial charge on any atom is 0.305 e. The van der Waals surface area contributed by atoms with E-state index in [9.17, 15) is 14.4 Å². The number of carbonyl (C=O) groups is 3. The largest absolute Gasteiger partial charge is 0.469 e. The number of methoxy groups -OCH3 is 1. The molecule has 2 rings (SSSR count). The Bertz CT molecular complexity index is 489. The molecule has 2 amide bonds. The fourth-order valence-electron chi connectivity index (χ4n) is 2.08. The second kappa shape index (κ2) is 5.65. The van der Waals surface area contributed by atoms with Crippen molar-refractivity contribution in [2.45, 2.75) is 19.3 Å². The van der Waals surface area contributed by atoms with Crippen molar-refractivity contribution in [3.8, 4) is 0 Å². The molecule has 5 heteroatoms. The highest BCUT2D eigenvalue weighted by molar-refractivity contribution is 6.21. The van der Waals surface area contributed by atoms with Gasteiger partial charge < -0.3 is 4.74 Å². The average Bonchev–Trinajstić information content (AvgIpc) is 2.68. The van der Waals surface area contributed by atoms with Gasteiger partial charge in [-0.1, -0.05) is 12.1 Å². The first-order valence-corrected chi connectivity index (χ1v) is 6.17. The van der Waals surface area contributed by atoms with Crippen molar-refractivity contribution in [3.05, 3.63) is 35.4 Å². The maximum absolute atomic E-state index is 12.0. The monoisotopic (exact) mass is 261 g/mol. The van der Waals surface area contributed by atoms with Crippen LogP contribution in [0.15, 0.2) is 24.3 Å². The molecule has 5 nitrogen and oxygen atoms in total. The van der Waals surface area contributed by atoms with Crippen LogP contribution < -0.4 is 0 Å². The predicted octanol–water partition coefficient (Wildman–Crippen LogP) is 1.63. The molecule has 0 N–H and O–H groups in total. The standard InChI is InChI=1S/C14H15NO4/c1-19-12(16)8-4-5-9-15-13(17)10-6-2-3-7-11(10)14(15)18/h2-3,6-7H,4-5,8-9H2,1H3. The Hall–Kier alpha value is -2.17. The molecule has 0 unspecified atom stereocenters. The van der Waals surface area contributed by atoms with Gasteiger partial charge in [0.2, 0.25) is 0 Å². The van der Waals surface area contributed by atoms with E-state index in [0.29, 0.717) is 36.9 Å². The van der Waals surface area contributed by atoms with Crippen LogP contribution in [0.3, 0.4) is 0 Å². The van der Waals surface area contributed by atoms with Crippen molar-refractivity contribution in [3.63, 3.8) is 0 Å². The van der Waals surface area contributed by atoms with Gasteiger partial charge in [-0.15, -0.1) is 0 Å². The Kier molecular flexibility index (Phi) is 3.94. The zero-order valence-electron chi connectivity index (χ0n) is 10.7. The molecule has 0 aromatic heterocycles. The molecule has 100 valence electrons. The van der Waals surface area contributed by atoms with Gasteiger partial charge in [-0.2, -0.15) is 0 Å². The minimum Gasteiger partial charge on any atom is -0.469 e. The molecule has 0 atom stereocenters. The quantitative estimate of drug-likeness (QED) is 0.459. The van der Waals surface area contributed by atoms with Crippen molar-refractivity contribution < 1.29 is 19.1 Å². The van der Waals surface area contributed by atoms with Gasteiger partial charge in [0.25, 0.3) is 11.8 Å². The maximum atomic E-state index is 12.0. The van der Waals surface area contributed by atoms with Crippen LogP contribution in [-0.2, 0) is 9.53 Å². The van der Waals surface area contributed by atoms with Crippen molar-refractivity contribution in [1.29, 1.82) is 0 Å². The second-order valence-electron chi connectivity index (χ2n) is 4.34. The number of benzene rings is 1. The smallest absolute Gasteiger partial charge is 0.305 e. The minimum atomic E-state index is -0.276. The SMILES string of the molecule is COC(=O)CCCCN1C(=O)c2ccccc2C1=O. The normalized spacial score (nSPS) is 13.6. The van der Waals surface area contributed by atoms with Crippen LogP contribution in [0.1, 0.15) is 40.0 Å². The molecule has 0 radical (unpaired) electrons. The highest BCUT2D eigenvalue weighted by Gasteiger charge is 2.34. The lowest BCUT2D eigenvalue weighted by atomic mass is 10.1. The Labute approximate surface area is 111 Å². The van der Waals surface area contributed by atoms with Gasteiger partial charge in [-0.3, -0.25) is 19.3 Å². The summed E-state index contributed by atoms with van der Waals surface area (Å²) in [6, 6.07) is 6.80. The molecular formula is C14H15NO4. The van der Waals surface area contributed by atoms with E-state index in [-0.39, 0.29) is 17.8 Å². The lowest BCUT2D eigenvalue weighted by molar-refractivity contribution is -0.140. The van der Waals surface area contributed by atoms with E-state index in [2.05, 4.69) is 4.74 Å². The Morgan fingerprint density at radius 2 is 1.68 bits per heavy atom. The van der Waals surface area contributed by atoms with Gasteiger partial charge in [0, 0.05) is 13.0 Å². The first kappa shape index (κ1) is 13.3. The molecule has 1 aliphatic rings. The summed E-state index contributed by atoms with van der Waals surface area (Å²) < 4.78 is 4.53. The first-order chi connectivity index (χ1) is 9.15. The number of rotatable bonds is 5. The summed E-state index contributed by atoms with van der Waals surface area (Å²) in [6.07, 6.45) is 1.50. The molecule has 0 spiro atoms. The van der Waals surface area contributed by atoms with E-state index in [1.165, 1.54) is 12.0 Å². The van der Waals surface area contributed by atoms with Crippen molar-refractivity contribution >= 4 is 17.8 Å². The van der Waals surface area contributed by atoms with Gasteiger partial charge in [0.15, 0.2) is 0 Å². The van der Waals surface area contributed by atoms with Crippen LogP contribution in [-0.4, -0.2) is 36.3 Å². The van der Waals surface area contributed by atoms with E-state index in [0.717, 1.165) is 0 Å². The number of unbranched alkanes of at least 4 members (excludes halogenated alkanes) is 1. The summed E-state index contributed by atoms with van der Waals surface area (Å²) in [4.78, 5) is 36.2. The fraction of sp³-hybridized carbons (Fsp3) is 0.357. The molecule has 1 aliphatic heterocycles. The zero-order valence-corrected chi connectivity index (χ0v) is 10.7. The van der Waals surface area contributed by atoms with Crippen molar-refractivity contribution in [1.82, 2.24) is 4.90 Å². The molecule has 1 aromatic carbocycles. The third kappa shape index (κ3) is 2.65. The van der Waals surface area contributed by atoms with Gasteiger partial charge >= 0.3 is 5.97 Å². The molecule has 1 aromatic rings. The molecule has 19 heavy (non-hydrogen) atoms. The predicted molar refractivity (Wildman–Crippen MR) is 67.7 cm³/mol. The lowest BCUT2D eigenvalue weighted by Crippen LogP contribution is -2.30. The molecule has 0 aliphatic carbocycles. The number of esters is 1. The van der Waals surface area contributed by atoms with E-state index in [1.54, 1.807) is 24.3 Å². The summed E-state index contributed by atoms with van der Waals surface area (Å²) >= 11 is 0. The summed E-state index contributed by atoms with van der Waals surface area (Å²) in [7, 11) is 1.34. The number of fused-ring (bicyclic) bond motifs is 1. The van der Waals surface area contributed by atoms with Gasteiger partial charge in [-0.05, 0) is 25.0 Å². The van der Waals surface area contributed by atoms with Crippen LogP contribution in [0.2, 0.25) is 0 Å². The van der Waals surface area contributed by atoms with Crippen LogP contribution in [0.4, 0.5) is 0 Å². The fourth-order valence-corrected chi connectivity index (χ4v) is 2.08. The molecule has 0 fully saturated rings. The third-order valence-corrected chi connectivity index (χ3v) is 3.12. The number of imide groups is 1. The van der Waals surface area contributed by atoms with Gasteiger partial charge in [0.1, 0.15) is 0 Å². The highest BCUT2D eigenvalue weighted by Crippen LogP contribution is 2.22. The van der Waals surface area contributed by atoms with Gasteiger partial charge in [0.05, 0.1) is 18.2 Å². The third-order valence-electron chi connectivity index (χ3n) is 3.12. The lowest BCUT2D eigenvalue weighted by Gasteiger charge is -2.13. The molecular weight excluding hydrogens is 246 g/mol. The summed E-state index contributed by atoms with van der Waals surface area (Å²) in [5.41, 5.74) is 0.918. The van der Waals surface area contributed by atoms with E-state index < -0.39 is 0 Å². The van der Waals surface area contributed by atoms with Crippen molar-refractivity contribution in [2.24, 2.45) is 0 Å². The number of hydrogen-bond acceptors (Lipinski definition) is 4. The van der Waals surface area contributed by atoms with E-state index in [1.807, 2.05) is 0 Å². The number of amides is 2. The minimum absolute atomic E-state index is 0.251. The summed E-state index contributed by atoms with van der Waals surface area (Å²) in [5.74, 6) is -0.778. The molecule has 1 heterocycles. The number of carbonyl (C=O) groups excluding carboxylic acids is 3. The topological polar surface area (TPSA) is 63.7 Å². The number of nitrogens with zero attached hydrogens (tertiary/aromatic N) is 1.